The maximum absolute atomic E-state index is 4.78. The van der Waals surface area contributed by atoms with E-state index in [9.17, 15) is 0 Å². The van der Waals surface area contributed by atoms with Crippen molar-refractivity contribution in [2.45, 2.75) is 129 Å². The van der Waals surface area contributed by atoms with Crippen molar-refractivity contribution in [2.75, 3.05) is 0 Å². The molecule has 0 unspecified atom stereocenters. The largest absolute Gasteiger partial charge is 0.254 e. The molecule has 0 aliphatic carbocycles. The van der Waals surface area contributed by atoms with Crippen molar-refractivity contribution in [1.29, 1.82) is 0 Å². The first kappa shape index (κ1) is 26.6. The molecule has 2 aromatic heterocycles. The van der Waals surface area contributed by atoms with Crippen molar-refractivity contribution >= 4 is 21.8 Å². The van der Waals surface area contributed by atoms with Gasteiger partial charge in [-0.05, 0) is 48.9 Å². The topological polar surface area (TPSA) is 25.8 Å². The van der Waals surface area contributed by atoms with Crippen LogP contribution in [0, 0.1) is 0 Å². The summed E-state index contributed by atoms with van der Waals surface area (Å²) < 4.78 is 0. The number of rotatable bonds is 18. The van der Waals surface area contributed by atoms with E-state index in [-0.39, 0.29) is 0 Å². The van der Waals surface area contributed by atoms with Crippen LogP contribution in [0.1, 0.15) is 128 Å². The molecule has 34 heavy (non-hydrogen) atoms. The smallest absolute Gasteiger partial charge is 0.0967 e. The van der Waals surface area contributed by atoms with Crippen LogP contribution in [-0.4, -0.2) is 9.97 Å². The third-order valence-corrected chi connectivity index (χ3v) is 7.41. The van der Waals surface area contributed by atoms with Crippen molar-refractivity contribution < 1.29 is 0 Å². The van der Waals surface area contributed by atoms with Gasteiger partial charge in [-0.25, -0.2) is 0 Å². The van der Waals surface area contributed by atoms with Gasteiger partial charge in [-0.3, -0.25) is 9.97 Å². The quantitative estimate of drug-likeness (QED) is 0.139. The number of fused-ring (bicyclic) bond motifs is 3. The van der Waals surface area contributed by atoms with E-state index in [0.29, 0.717) is 0 Å². The highest BCUT2D eigenvalue weighted by atomic mass is 14.7. The fraction of sp³-hybridized carbons (Fsp3) is 0.625. The van der Waals surface area contributed by atoms with Gasteiger partial charge in [0.25, 0.3) is 0 Å². The second-order valence-electron chi connectivity index (χ2n) is 10.2. The Morgan fingerprint density at radius 3 is 1.21 bits per heavy atom. The molecular weight excluding hydrogens is 412 g/mol. The molecule has 2 nitrogen and oxygen atoms in total. The van der Waals surface area contributed by atoms with Gasteiger partial charge in [-0.1, -0.05) is 116 Å². The van der Waals surface area contributed by atoms with Crippen molar-refractivity contribution in [1.82, 2.24) is 9.97 Å². The number of pyridine rings is 2. The van der Waals surface area contributed by atoms with Crippen LogP contribution in [-0.2, 0) is 12.8 Å². The van der Waals surface area contributed by atoms with E-state index < -0.39 is 0 Å². The number of benzene rings is 1. The summed E-state index contributed by atoms with van der Waals surface area (Å²) in [6.07, 6.45) is 28.1. The molecule has 186 valence electrons. The summed E-state index contributed by atoms with van der Waals surface area (Å²) in [7, 11) is 0. The first-order valence-corrected chi connectivity index (χ1v) is 14.5. The predicted molar refractivity (Wildman–Crippen MR) is 150 cm³/mol. The standard InChI is InChI=1S/C32H48N2/c1-3-5-7-9-11-13-15-17-21-27-28(22-18-16-14-12-10-8-6-4-2)30-24-20-26-34-32(30)31-29(27)23-19-25-33-31/h19-20,23-26H,3-18,21-22H2,1-2H3. The minimum Gasteiger partial charge on any atom is -0.254 e. The molecule has 0 atom stereocenters. The Labute approximate surface area is 209 Å². The number of unbranched alkanes of at least 4 members (excludes halogenated alkanes) is 14. The molecular formula is C32H48N2. The van der Waals surface area contributed by atoms with Crippen LogP contribution in [0.4, 0.5) is 0 Å². The zero-order chi connectivity index (χ0) is 23.8. The molecule has 2 heteroatoms. The first-order valence-electron chi connectivity index (χ1n) is 14.5. The normalized spacial score (nSPS) is 11.6. The number of aromatic nitrogens is 2. The van der Waals surface area contributed by atoms with Gasteiger partial charge in [0, 0.05) is 23.2 Å². The summed E-state index contributed by atoms with van der Waals surface area (Å²) in [5.41, 5.74) is 5.29. The van der Waals surface area contributed by atoms with E-state index in [2.05, 4.69) is 38.1 Å². The summed E-state index contributed by atoms with van der Waals surface area (Å²) in [4.78, 5) is 9.56. The Balaban J connectivity index is 1.67. The minimum absolute atomic E-state index is 1.09. The maximum Gasteiger partial charge on any atom is 0.0967 e. The van der Waals surface area contributed by atoms with Gasteiger partial charge >= 0.3 is 0 Å². The Bertz CT molecular complexity index is 883. The Hall–Kier alpha value is -1.96. The van der Waals surface area contributed by atoms with Gasteiger partial charge in [0.15, 0.2) is 0 Å². The highest BCUT2D eigenvalue weighted by molar-refractivity contribution is 6.06. The van der Waals surface area contributed by atoms with Crippen LogP contribution in [0.15, 0.2) is 36.7 Å². The fourth-order valence-electron chi connectivity index (χ4n) is 5.44. The molecule has 0 saturated heterocycles. The first-order chi connectivity index (χ1) is 16.9. The molecule has 0 radical (unpaired) electrons. The van der Waals surface area contributed by atoms with Crippen LogP contribution in [0.2, 0.25) is 0 Å². The van der Waals surface area contributed by atoms with Gasteiger partial charge in [0.2, 0.25) is 0 Å². The van der Waals surface area contributed by atoms with Crippen molar-refractivity contribution in [3.8, 4) is 0 Å². The summed E-state index contributed by atoms with van der Waals surface area (Å²) in [6, 6.07) is 8.78. The molecule has 3 aromatic rings. The molecule has 1 aromatic carbocycles. The van der Waals surface area contributed by atoms with Gasteiger partial charge in [0.1, 0.15) is 0 Å². The van der Waals surface area contributed by atoms with Crippen LogP contribution >= 0.6 is 0 Å². The number of hydrogen-bond donors (Lipinski definition) is 0. The summed E-state index contributed by atoms with van der Waals surface area (Å²) in [5.74, 6) is 0. The minimum atomic E-state index is 1.09. The Kier molecular flexibility index (Phi) is 12.4. The molecule has 3 rings (SSSR count). The molecule has 0 aliphatic heterocycles. The highest BCUT2D eigenvalue weighted by Gasteiger charge is 2.15. The molecule has 0 saturated carbocycles. The van der Waals surface area contributed by atoms with E-state index in [1.807, 2.05) is 12.4 Å². The zero-order valence-corrected chi connectivity index (χ0v) is 22.1. The second kappa shape index (κ2) is 15.8. The van der Waals surface area contributed by atoms with Gasteiger partial charge in [-0.15, -0.1) is 0 Å². The number of aryl methyl sites for hydroxylation is 2. The molecule has 0 aliphatic rings. The average molecular weight is 461 g/mol. The molecule has 0 spiro atoms. The Morgan fingerprint density at radius 2 is 0.824 bits per heavy atom. The van der Waals surface area contributed by atoms with Crippen LogP contribution in [0.3, 0.4) is 0 Å². The van der Waals surface area contributed by atoms with Crippen molar-refractivity contribution in [2.24, 2.45) is 0 Å². The van der Waals surface area contributed by atoms with Gasteiger partial charge in [0.05, 0.1) is 11.0 Å². The zero-order valence-electron chi connectivity index (χ0n) is 22.1. The predicted octanol–water partition coefficient (Wildman–Crippen LogP) is 10.1. The van der Waals surface area contributed by atoms with E-state index >= 15 is 0 Å². The molecule has 0 N–H and O–H groups in total. The lowest BCUT2D eigenvalue weighted by Gasteiger charge is -2.17. The van der Waals surface area contributed by atoms with Crippen LogP contribution < -0.4 is 0 Å². The van der Waals surface area contributed by atoms with Gasteiger partial charge in [-0.2, -0.15) is 0 Å². The van der Waals surface area contributed by atoms with Crippen LogP contribution in [0.5, 0.6) is 0 Å². The molecule has 0 amide bonds. The van der Waals surface area contributed by atoms with Gasteiger partial charge < -0.3 is 0 Å². The Morgan fingerprint density at radius 1 is 0.471 bits per heavy atom. The second-order valence-corrected chi connectivity index (χ2v) is 10.2. The van der Waals surface area contributed by atoms with E-state index in [0.717, 1.165) is 11.0 Å². The summed E-state index contributed by atoms with van der Waals surface area (Å²) in [5, 5.41) is 2.68. The highest BCUT2D eigenvalue weighted by Crippen LogP contribution is 2.33. The lowest BCUT2D eigenvalue weighted by atomic mass is 9.89. The van der Waals surface area contributed by atoms with Crippen LogP contribution in [0.25, 0.3) is 21.8 Å². The van der Waals surface area contributed by atoms with Crippen molar-refractivity contribution in [3.05, 3.63) is 47.8 Å². The fourth-order valence-corrected chi connectivity index (χ4v) is 5.44. The lowest BCUT2D eigenvalue weighted by Crippen LogP contribution is -2.01. The van der Waals surface area contributed by atoms with Crippen molar-refractivity contribution in [3.63, 3.8) is 0 Å². The molecule has 0 bridgehead atoms. The summed E-state index contributed by atoms with van der Waals surface area (Å²) >= 11 is 0. The van der Waals surface area contributed by atoms with E-state index in [1.165, 1.54) is 126 Å². The third kappa shape index (κ3) is 8.07. The van der Waals surface area contributed by atoms with E-state index in [1.54, 1.807) is 11.1 Å². The SMILES string of the molecule is CCCCCCCCCCc1c(CCCCCCCCCC)c2cccnc2c2ncccc12. The number of hydrogen-bond acceptors (Lipinski definition) is 2. The maximum atomic E-state index is 4.78. The lowest BCUT2D eigenvalue weighted by molar-refractivity contribution is 0.571. The third-order valence-electron chi connectivity index (χ3n) is 7.41. The monoisotopic (exact) mass is 460 g/mol. The van der Waals surface area contributed by atoms with E-state index in [4.69, 9.17) is 9.97 Å². The average Bonchev–Trinajstić information content (AvgIpc) is 2.88. The molecule has 2 heterocycles. The summed E-state index contributed by atoms with van der Waals surface area (Å²) in [6.45, 7) is 4.59. The molecule has 0 fully saturated rings. The number of nitrogens with zero attached hydrogens (tertiary/aromatic N) is 2.